The highest BCUT2D eigenvalue weighted by Crippen LogP contribution is 2.67. The van der Waals surface area contributed by atoms with E-state index in [-0.39, 0.29) is 86.7 Å². The van der Waals surface area contributed by atoms with Crippen molar-refractivity contribution < 1.29 is 27.5 Å². The molecule has 0 N–H and O–H groups in total. The van der Waals surface area contributed by atoms with E-state index in [4.69, 9.17) is 22.8 Å². The molecule has 1 saturated heterocycles. The summed E-state index contributed by atoms with van der Waals surface area (Å²) in [5.74, 6) is 1.81. The van der Waals surface area contributed by atoms with E-state index in [1.807, 2.05) is 6.92 Å². The Morgan fingerprint density at radius 2 is 1.36 bits per heavy atom. The Hall–Kier alpha value is -0.239. The molecule has 2 aliphatic heterocycles. The Bertz CT molecular complexity index is 1470. The molecule has 2 saturated carbocycles. The highest BCUT2D eigenvalue weighted by atomic mass is 79.9. The zero-order valence-electron chi connectivity index (χ0n) is 37.1. The molecule has 10 heteroatoms. The van der Waals surface area contributed by atoms with Crippen molar-refractivity contribution in [1.82, 2.24) is 0 Å². The van der Waals surface area contributed by atoms with E-state index >= 15 is 0 Å². The quantitative estimate of drug-likeness (QED) is 0.179. The highest BCUT2D eigenvalue weighted by Gasteiger charge is 2.67. The van der Waals surface area contributed by atoms with Crippen molar-refractivity contribution in [2.45, 2.75) is 188 Å². The third-order valence-corrected chi connectivity index (χ3v) is 30.4. The summed E-state index contributed by atoms with van der Waals surface area (Å²) in [5, 5.41) is 0.234. The second-order valence-electron chi connectivity index (χ2n) is 22.5. The molecule has 3 aliphatic carbocycles. The van der Waals surface area contributed by atoms with Crippen LogP contribution in [0.5, 0.6) is 0 Å². The molecule has 0 aromatic heterocycles. The average molecular weight is 854 g/mol. The van der Waals surface area contributed by atoms with Crippen LogP contribution in [0.25, 0.3) is 0 Å². The lowest BCUT2D eigenvalue weighted by molar-refractivity contribution is -0.144. The monoisotopic (exact) mass is 852 g/mol. The number of ether oxygens (including phenoxy) is 2. The van der Waals surface area contributed by atoms with Gasteiger partial charge in [0.2, 0.25) is 0 Å². The molecule has 0 aromatic carbocycles. The standard InChI is InChI=1S/C43H77BrO6Si3/c1-20-46-39(45)35-34-29(43(13)22-21-31(25(2)37(35)47-43)48-51(14,15)40(4,5)6)23-27-30(44)24-28-33(32(27)34)38(50-53(18,19)42(10,11)12)26(3)36(28)49-52(16,17)41(7,8)9/h24-29,31-34,36,38H,20-23H2,1-19H3/t25-,26+,27+,28-,29-,31-,32+,33+,34-,36+,38-,43+/m1/s1. The van der Waals surface area contributed by atoms with Gasteiger partial charge in [0.15, 0.2) is 25.0 Å². The fourth-order valence-electron chi connectivity index (χ4n) is 9.77. The average Bonchev–Trinajstić information content (AvgIpc) is 3.47. The van der Waals surface area contributed by atoms with Crippen molar-refractivity contribution in [1.29, 1.82) is 0 Å². The molecule has 2 heterocycles. The smallest absolute Gasteiger partial charge is 0.337 e. The van der Waals surface area contributed by atoms with Gasteiger partial charge in [-0.15, -0.1) is 0 Å². The molecule has 0 amide bonds. The lowest BCUT2D eigenvalue weighted by Crippen LogP contribution is -2.51. The molecule has 2 bridgehead atoms. The Labute approximate surface area is 336 Å². The van der Waals surface area contributed by atoms with Gasteiger partial charge in [0.25, 0.3) is 0 Å². The van der Waals surface area contributed by atoms with E-state index in [9.17, 15) is 4.79 Å². The van der Waals surface area contributed by atoms with Crippen LogP contribution in [-0.2, 0) is 27.5 Å². The SMILES string of the molecule is CCOC(=O)C1=C2O[C@@](C)(CC[C@@H](O[Si](C)(C)C(C)(C)C)[C@H]2C)[C@@H]2C[C@H]3C(Br)=C[C@H]4[C@@H](O[Si](C)(C)C(C)(C)C)[C@H](C)[C@@H](O[Si](C)(C)C(C)(C)C)[C@@H]4[C@H]3[C@H]12. The van der Waals surface area contributed by atoms with Gasteiger partial charge in [-0.2, -0.15) is 0 Å². The summed E-state index contributed by atoms with van der Waals surface area (Å²) in [6.07, 6.45) is 5.38. The van der Waals surface area contributed by atoms with Gasteiger partial charge in [0, 0.05) is 29.6 Å². The van der Waals surface area contributed by atoms with Crippen LogP contribution in [0.4, 0.5) is 0 Å². The summed E-state index contributed by atoms with van der Waals surface area (Å²) in [5.41, 5.74) is 0.376. The minimum atomic E-state index is -2.19. The number of rotatable bonds is 8. The molecule has 5 rings (SSSR count). The van der Waals surface area contributed by atoms with Crippen molar-refractivity contribution >= 4 is 46.9 Å². The molecule has 0 radical (unpaired) electrons. The van der Waals surface area contributed by atoms with Crippen LogP contribution in [0.1, 0.15) is 109 Å². The predicted molar refractivity (Wildman–Crippen MR) is 229 cm³/mol. The van der Waals surface area contributed by atoms with Crippen LogP contribution < -0.4 is 0 Å². The maximum atomic E-state index is 14.6. The summed E-state index contributed by atoms with van der Waals surface area (Å²) in [4.78, 5) is 14.6. The number of hydrogen-bond donors (Lipinski definition) is 0. The lowest BCUT2D eigenvalue weighted by atomic mass is 9.64. The van der Waals surface area contributed by atoms with Crippen LogP contribution in [-0.4, -0.2) is 61.4 Å². The zero-order chi connectivity index (χ0) is 40.2. The van der Waals surface area contributed by atoms with E-state index in [0.717, 1.165) is 30.6 Å². The first kappa shape index (κ1) is 43.9. The summed E-state index contributed by atoms with van der Waals surface area (Å²) in [7, 11) is -6.43. The normalized spacial score (nSPS) is 38.0. The first-order valence-electron chi connectivity index (χ1n) is 20.9. The molecule has 53 heavy (non-hydrogen) atoms. The number of hydrogen-bond acceptors (Lipinski definition) is 6. The van der Waals surface area contributed by atoms with E-state index < -0.39 is 30.6 Å². The van der Waals surface area contributed by atoms with Crippen LogP contribution in [0, 0.1) is 47.3 Å². The predicted octanol–water partition coefficient (Wildman–Crippen LogP) is 12.2. The summed E-state index contributed by atoms with van der Waals surface area (Å²) >= 11 is 4.21. The number of fused-ring (bicyclic) bond motifs is 8. The Kier molecular flexibility index (Phi) is 11.8. The summed E-state index contributed by atoms with van der Waals surface area (Å²) in [6, 6.07) is 0. The van der Waals surface area contributed by atoms with Gasteiger partial charge in [0.05, 0.1) is 30.5 Å². The van der Waals surface area contributed by atoms with Crippen LogP contribution in [0.3, 0.4) is 0 Å². The maximum absolute atomic E-state index is 14.6. The molecule has 3 fully saturated rings. The van der Waals surface area contributed by atoms with E-state index in [1.165, 1.54) is 4.48 Å². The Morgan fingerprint density at radius 1 is 0.849 bits per heavy atom. The minimum Gasteiger partial charge on any atom is -0.491 e. The molecular weight excluding hydrogens is 777 g/mol. The molecule has 0 aromatic rings. The Morgan fingerprint density at radius 3 is 1.87 bits per heavy atom. The third kappa shape index (κ3) is 7.61. The van der Waals surface area contributed by atoms with Gasteiger partial charge < -0.3 is 22.8 Å². The van der Waals surface area contributed by atoms with Gasteiger partial charge in [-0.25, -0.2) is 4.79 Å². The van der Waals surface area contributed by atoms with Crippen LogP contribution >= 0.6 is 15.9 Å². The van der Waals surface area contributed by atoms with Gasteiger partial charge in [-0.3, -0.25) is 0 Å². The van der Waals surface area contributed by atoms with Crippen molar-refractivity contribution in [3.63, 3.8) is 0 Å². The largest absolute Gasteiger partial charge is 0.491 e. The van der Waals surface area contributed by atoms with E-state index in [2.05, 4.69) is 144 Å². The molecule has 0 unspecified atom stereocenters. The number of esters is 1. The van der Waals surface area contributed by atoms with Crippen molar-refractivity contribution in [2.75, 3.05) is 6.61 Å². The Balaban J connectivity index is 1.70. The highest BCUT2D eigenvalue weighted by molar-refractivity contribution is 9.11. The topological polar surface area (TPSA) is 63.2 Å². The summed E-state index contributed by atoms with van der Waals surface area (Å²) in [6.45, 7) is 44.5. The number of allylic oxidation sites excluding steroid dienone is 1. The van der Waals surface area contributed by atoms with E-state index in [1.54, 1.807) is 0 Å². The van der Waals surface area contributed by atoms with Gasteiger partial charge >= 0.3 is 5.97 Å². The maximum Gasteiger partial charge on any atom is 0.337 e. The molecule has 5 aliphatic rings. The van der Waals surface area contributed by atoms with Gasteiger partial charge in [-0.05, 0) is 110 Å². The van der Waals surface area contributed by atoms with Crippen LogP contribution in [0.2, 0.25) is 54.4 Å². The molecule has 12 atom stereocenters. The second kappa shape index (κ2) is 14.2. The fourth-order valence-corrected chi connectivity index (χ4v) is 14.8. The van der Waals surface area contributed by atoms with Crippen molar-refractivity contribution in [2.24, 2.45) is 47.3 Å². The van der Waals surface area contributed by atoms with Crippen molar-refractivity contribution in [3.05, 3.63) is 21.9 Å². The first-order valence-corrected chi connectivity index (χ1v) is 30.4. The van der Waals surface area contributed by atoms with Crippen molar-refractivity contribution in [3.8, 4) is 0 Å². The second-order valence-corrected chi connectivity index (χ2v) is 37.6. The molecule has 304 valence electrons. The fraction of sp³-hybridized carbons (Fsp3) is 0.884. The minimum absolute atomic E-state index is 0.0000388. The van der Waals surface area contributed by atoms with Crippen LogP contribution in [0.15, 0.2) is 21.9 Å². The third-order valence-electron chi connectivity index (χ3n) is 16.1. The number of carbonyl (C=O) groups is 1. The molecule has 0 spiro atoms. The summed E-state index contributed by atoms with van der Waals surface area (Å²) < 4.78 is 37.0. The number of halogens is 1. The first-order chi connectivity index (χ1) is 23.9. The van der Waals surface area contributed by atoms with Gasteiger partial charge in [-0.1, -0.05) is 98.2 Å². The lowest BCUT2D eigenvalue weighted by Gasteiger charge is -2.49. The molecular formula is C43H77BrO6Si3. The molecule has 6 nitrogen and oxygen atoms in total. The van der Waals surface area contributed by atoms with Gasteiger partial charge in [0.1, 0.15) is 11.4 Å². The zero-order valence-corrected chi connectivity index (χ0v) is 41.7. The number of carbonyl (C=O) groups excluding carboxylic acids is 1. The van der Waals surface area contributed by atoms with E-state index in [0.29, 0.717) is 6.61 Å².